The molecule has 0 saturated carbocycles. The van der Waals surface area contributed by atoms with Gasteiger partial charge < -0.3 is 9.84 Å². The lowest BCUT2D eigenvalue weighted by molar-refractivity contribution is -0.146. The number of ether oxygens (including phenoxy) is 1. The molecule has 0 amide bonds. The van der Waals surface area contributed by atoms with E-state index in [1.54, 1.807) is 24.2 Å². The predicted molar refractivity (Wildman–Crippen MR) is 49.2 cm³/mol. The maximum atomic E-state index is 10.4. The largest absolute Gasteiger partial charge is 0.479 e. The third-order valence-electron chi connectivity index (χ3n) is 1.76. The normalized spacial score (nSPS) is 16.9. The number of allylic oxidation sites excluding steroid dienone is 4. The van der Waals surface area contributed by atoms with Crippen LogP contribution in [0, 0.1) is 0 Å². The highest BCUT2D eigenvalue weighted by Crippen LogP contribution is 2.15. The van der Waals surface area contributed by atoms with Crippen LogP contribution in [0.3, 0.4) is 0 Å². The number of carbonyl (C=O) groups excluding carboxylic acids is 1. The van der Waals surface area contributed by atoms with Crippen LogP contribution in [0.15, 0.2) is 29.6 Å². The van der Waals surface area contributed by atoms with E-state index in [1.807, 2.05) is 0 Å². The van der Waals surface area contributed by atoms with Crippen molar-refractivity contribution in [2.75, 3.05) is 0 Å². The second-order valence-corrected chi connectivity index (χ2v) is 2.87. The van der Waals surface area contributed by atoms with Gasteiger partial charge in [-0.2, -0.15) is 0 Å². The number of carboxylic acids is 1. The average Bonchev–Trinajstić information content (AvgIpc) is 2.19. The minimum absolute atomic E-state index is 0.432. The Morgan fingerprint density at radius 1 is 1.64 bits per heavy atom. The van der Waals surface area contributed by atoms with Crippen LogP contribution >= 0.6 is 0 Å². The lowest BCUT2D eigenvalue weighted by Gasteiger charge is -2.13. The summed E-state index contributed by atoms with van der Waals surface area (Å²) in [4.78, 5) is 20.7. The Bertz CT molecular complexity index is 345. The van der Waals surface area contributed by atoms with Crippen molar-refractivity contribution in [1.82, 2.24) is 0 Å². The van der Waals surface area contributed by atoms with Crippen molar-refractivity contribution in [3.63, 3.8) is 0 Å². The molecule has 0 bridgehead atoms. The van der Waals surface area contributed by atoms with Crippen LogP contribution in [0.4, 0.5) is 0 Å². The fourth-order valence-corrected chi connectivity index (χ4v) is 0.947. The van der Waals surface area contributed by atoms with Crippen molar-refractivity contribution in [3.05, 3.63) is 29.6 Å². The maximum absolute atomic E-state index is 10.4. The minimum atomic E-state index is -1.02. The molecular formula is C10H10O4. The first kappa shape index (κ1) is 10.3. The van der Waals surface area contributed by atoms with Crippen molar-refractivity contribution in [1.29, 1.82) is 0 Å². The first-order valence-electron chi connectivity index (χ1n) is 4.15. The molecule has 4 nitrogen and oxygen atoms in total. The zero-order chi connectivity index (χ0) is 10.6. The molecule has 14 heavy (non-hydrogen) atoms. The van der Waals surface area contributed by atoms with E-state index in [9.17, 15) is 9.59 Å². The first-order chi connectivity index (χ1) is 6.63. The van der Waals surface area contributed by atoms with Gasteiger partial charge in [-0.1, -0.05) is 0 Å². The number of carboxylic acid groups (broad SMARTS) is 1. The second kappa shape index (κ2) is 4.44. The third kappa shape index (κ3) is 2.61. The van der Waals surface area contributed by atoms with E-state index >= 15 is 0 Å². The lowest BCUT2D eigenvalue weighted by atomic mass is 10.1. The number of hydrogen-bond donors (Lipinski definition) is 1. The van der Waals surface area contributed by atoms with Crippen molar-refractivity contribution in [2.45, 2.75) is 19.4 Å². The average molecular weight is 194 g/mol. The topological polar surface area (TPSA) is 63.6 Å². The summed E-state index contributed by atoms with van der Waals surface area (Å²) in [6.07, 6.45) is 4.33. The molecule has 0 spiro atoms. The predicted octanol–water partition coefficient (Wildman–Crippen LogP) is 1.08. The molecular weight excluding hydrogens is 184 g/mol. The molecule has 1 rings (SSSR count). The van der Waals surface area contributed by atoms with Gasteiger partial charge in [0.1, 0.15) is 11.7 Å². The SMILES string of the molecule is CC(OC1=CCC(=C=O)C=C1)C(=O)O. The Morgan fingerprint density at radius 3 is 2.79 bits per heavy atom. The number of hydrogen-bond acceptors (Lipinski definition) is 3. The highest BCUT2D eigenvalue weighted by Gasteiger charge is 2.13. The van der Waals surface area contributed by atoms with Crippen LogP contribution in [0.2, 0.25) is 0 Å². The standard InChI is InChI=1S/C10H10O4/c1-7(10(12)13)14-9-4-2-8(6-11)3-5-9/h2,4-5,7H,3H2,1H3,(H,12,13). The fraction of sp³-hybridized carbons (Fsp3) is 0.300. The van der Waals surface area contributed by atoms with E-state index in [1.165, 1.54) is 6.92 Å². The molecule has 1 unspecified atom stereocenters. The number of aliphatic carboxylic acids is 1. The Hall–Kier alpha value is -1.80. The van der Waals surface area contributed by atoms with Crippen LogP contribution in [0.25, 0.3) is 0 Å². The summed E-state index contributed by atoms with van der Waals surface area (Å²) in [5.74, 6) is 1.22. The van der Waals surface area contributed by atoms with Crippen LogP contribution in [0.5, 0.6) is 0 Å². The molecule has 1 N–H and O–H groups in total. The molecule has 0 heterocycles. The van der Waals surface area contributed by atoms with Crippen molar-refractivity contribution in [2.24, 2.45) is 0 Å². The monoisotopic (exact) mass is 194 g/mol. The van der Waals surface area contributed by atoms with Gasteiger partial charge >= 0.3 is 5.97 Å². The summed E-state index contributed by atoms with van der Waals surface area (Å²) in [5.41, 5.74) is 0.528. The van der Waals surface area contributed by atoms with Gasteiger partial charge in [-0.25, -0.2) is 9.59 Å². The van der Waals surface area contributed by atoms with E-state index in [0.29, 0.717) is 17.8 Å². The van der Waals surface area contributed by atoms with Gasteiger partial charge in [0, 0.05) is 12.0 Å². The molecule has 0 fully saturated rings. The fourth-order valence-electron chi connectivity index (χ4n) is 0.947. The van der Waals surface area contributed by atoms with Crippen LogP contribution in [-0.2, 0) is 14.3 Å². The Balaban J connectivity index is 2.58. The summed E-state index contributed by atoms with van der Waals surface area (Å²) < 4.78 is 5.08. The molecule has 1 aliphatic rings. The molecule has 0 aliphatic heterocycles. The van der Waals surface area contributed by atoms with Crippen LogP contribution in [0.1, 0.15) is 13.3 Å². The molecule has 4 heteroatoms. The van der Waals surface area contributed by atoms with E-state index in [4.69, 9.17) is 9.84 Å². The lowest BCUT2D eigenvalue weighted by Crippen LogP contribution is -2.19. The quantitative estimate of drug-likeness (QED) is 0.683. The molecule has 0 aromatic carbocycles. The molecule has 1 aliphatic carbocycles. The van der Waals surface area contributed by atoms with E-state index in [2.05, 4.69) is 0 Å². The van der Waals surface area contributed by atoms with Crippen molar-refractivity contribution < 1.29 is 19.4 Å². The minimum Gasteiger partial charge on any atom is -0.479 e. The van der Waals surface area contributed by atoms with Gasteiger partial charge in [0.2, 0.25) is 0 Å². The Labute approximate surface area is 81.2 Å². The molecule has 74 valence electrons. The van der Waals surface area contributed by atoms with Crippen LogP contribution < -0.4 is 0 Å². The molecule has 1 atom stereocenters. The summed E-state index contributed by atoms with van der Waals surface area (Å²) in [7, 11) is 0. The van der Waals surface area contributed by atoms with E-state index in [-0.39, 0.29) is 0 Å². The first-order valence-corrected chi connectivity index (χ1v) is 4.15. The highest BCUT2D eigenvalue weighted by molar-refractivity contribution is 5.72. The second-order valence-electron chi connectivity index (χ2n) is 2.87. The van der Waals surface area contributed by atoms with Gasteiger partial charge in [0.05, 0.1) is 0 Å². The summed E-state index contributed by atoms with van der Waals surface area (Å²) >= 11 is 0. The molecule has 0 aromatic rings. The summed E-state index contributed by atoms with van der Waals surface area (Å²) in [6, 6.07) is 0. The maximum Gasteiger partial charge on any atom is 0.344 e. The van der Waals surface area contributed by atoms with Gasteiger partial charge in [-0.15, -0.1) is 0 Å². The Morgan fingerprint density at radius 2 is 2.36 bits per heavy atom. The van der Waals surface area contributed by atoms with Gasteiger partial charge in [-0.3, -0.25) is 0 Å². The Kier molecular flexibility index (Phi) is 3.26. The number of carbonyl (C=O) groups is 1. The van der Waals surface area contributed by atoms with Crippen LogP contribution in [-0.4, -0.2) is 23.1 Å². The van der Waals surface area contributed by atoms with E-state index < -0.39 is 12.1 Å². The van der Waals surface area contributed by atoms with Gasteiger partial charge in [-0.05, 0) is 25.2 Å². The third-order valence-corrected chi connectivity index (χ3v) is 1.76. The number of rotatable bonds is 3. The molecule has 0 radical (unpaired) electrons. The molecule has 0 saturated heterocycles. The zero-order valence-corrected chi connectivity index (χ0v) is 7.69. The van der Waals surface area contributed by atoms with Crippen molar-refractivity contribution in [3.8, 4) is 0 Å². The summed E-state index contributed by atoms with van der Waals surface area (Å²) in [5, 5.41) is 8.57. The van der Waals surface area contributed by atoms with Gasteiger partial charge in [0.15, 0.2) is 6.10 Å². The summed E-state index contributed by atoms with van der Waals surface area (Å²) in [6.45, 7) is 1.45. The molecule has 0 aromatic heterocycles. The van der Waals surface area contributed by atoms with E-state index in [0.717, 1.165) is 0 Å². The highest BCUT2D eigenvalue weighted by atomic mass is 16.5. The van der Waals surface area contributed by atoms with Gasteiger partial charge in [0.25, 0.3) is 0 Å². The zero-order valence-electron chi connectivity index (χ0n) is 7.69. The van der Waals surface area contributed by atoms with Crippen molar-refractivity contribution >= 4 is 11.9 Å². The smallest absolute Gasteiger partial charge is 0.344 e.